The van der Waals surface area contributed by atoms with Crippen molar-refractivity contribution in [1.29, 1.82) is 0 Å². The Morgan fingerprint density at radius 3 is 2.19 bits per heavy atom. The monoisotopic (exact) mass is 447 g/mol. The zero-order valence-corrected chi connectivity index (χ0v) is 19.1. The topological polar surface area (TPSA) is 82.1 Å². The summed E-state index contributed by atoms with van der Waals surface area (Å²) in [5.74, 6) is 1.69. The van der Waals surface area contributed by atoms with Gasteiger partial charge in [0.1, 0.15) is 23.4 Å². The SMILES string of the molecule is COc1ccc(OC2CCN(C(=O)c3cc(S(C)(=O)=O)ccc3OC(C)C)CC2)cc1. The van der Waals surface area contributed by atoms with Crippen LogP contribution in [0.15, 0.2) is 47.4 Å². The minimum atomic E-state index is -3.44. The number of nitrogens with zero attached hydrogens (tertiary/aromatic N) is 1. The number of carbonyl (C=O) groups is 1. The van der Waals surface area contributed by atoms with Gasteiger partial charge in [0.2, 0.25) is 0 Å². The molecule has 31 heavy (non-hydrogen) atoms. The van der Waals surface area contributed by atoms with E-state index in [1.54, 1.807) is 18.1 Å². The van der Waals surface area contributed by atoms with Crippen molar-refractivity contribution in [2.45, 2.75) is 43.8 Å². The number of ether oxygens (including phenoxy) is 3. The minimum absolute atomic E-state index is 0.00573. The highest BCUT2D eigenvalue weighted by Crippen LogP contribution is 2.27. The maximum Gasteiger partial charge on any atom is 0.257 e. The van der Waals surface area contributed by atoms with Crippen LogP contribution in [-0.4, -0.2) is 57.9 Å². The van der Waals surface area contributed by atoms with Crippen molar-refractivity contribution in [2.24, 2.45) is 0 Å². The lowest BCUT2D eigenvalue weighted by molar-refractivity contribution is 0.0590. The van der Waals surface area contributed by atoms with E-state index in [0.29, 0.717) is 31.7 Å². The Morgan fingerprint density at radius 1 is 1.03 bits per heavy atom. The second-order valence-corrected chi connectivity index (χ2v) is 9.90. The zero-order valence-electron chi connectivity index (χ0n) is 18.3. The van der Waals surface area contributed by atoms with Gasteiger partial charge in [-0.15, -0.1) is 0 Å². The molecule has 7 nitrogen and oxygen atoms in total. The second-order valence-electron chi connectivity index (χ2n) is 7.88. The van der Waals surface area contributed by atoms with Crippen LogP contribution in [0.25, 0.3) is 0 Å². The number of methoxy groups -OCH3 is 1. The van der Waals surface area contributed by atoms with E-state index in [4.69, 9.17) is 14.2 Å². The van der Waals surface area contributed by atoms with Crippen molar-refractivity contribution in [2.75, 3.05) is 26.5 Å². The van der Waals surface area contributed by atoms with Gasteiger partial charge >= 0.3 is 0 Å². The number of benzene rings is 2. The molecule has 0 saturated carbocycles. The van der Waals surface area contributed by atoms with E-state index in [0.717, 1.165) is 17.8 Å². The first kappa shape index (κ1) is 22.9. The van der Waals surface area contributed by atoms with Gasteiger partial charge in [-0.3, -0.25) is 4.79 Å². The quantitative estimate of drug-likeness (QED) is 0.645. The van der Waals surface area contributed by atoms with Crippen molar-refractivity contribution in [3.63, 3.8) is 0 Å². The molecular formula is C23H29NO6S. The summed E-state index contributed by atoms with van der Waals surface area (Å²) in [4.78, 5) is 15.0. The number of likely N-dealkylation sites (tertiary alicyclic amines) is 1. The molecule has 0 unspecified atom stereocenters. The minimum Gasteiger partial charge on any atom is -0.497 e. The van der Waals surface area contributed by atoms with Crippen LogP contribution in [0.2, 0.25) is 0 Å². The highest BCUT2D eigenvalue weighted by molar-refractivity contribution is 7.90. The molecule has 1 amide bonds. The molecule has 1 heterocycles. The number of hydrogen-bond acceptors (Lipinski definition) is 6. The van der Waals surface area contributed by atoms with Crippen LogP contribution < -0.4 is 14.2 Å². The van der Waals surface area contributed by atoms with Gasteiger partial charge < -0.3 is 19.1 Å². The number of amides is 1. The van der Waals surface area contributed by atoms with Crippen LogP contribution in [0.1, 0.15) is 37.0 Å². The van der Waals surface area contributed by atoms with Crippen LogP contribution in [0.5, 0.6) is 17.2 Å². The highest BCUT2D eigenvalue weighted by Gasteiger charge is 2.27. The molecule has 1 aliphatic heterocycles. The highest BCUT2D eigenvalue weighted by atomic mass is 32.2. The van der Waals surface area contributed by atoms with Crippen molar-refractivity contribution < 1.29 is 27.4 Å². The molecule has 168 valence electrons. The lowest BCUT2D eigenvalue weighted by atomic mass is 10.1. The first-order valence-corrected chi connectivity index (χ1v) is 12.2. The van der Waals surface area contributed by atoms with Crippen LogP contribution >= 0.6 is 0 Å². The lowest BCUT2D eigenvalue weighted by Gasteiger charge is -2.32. The van der Waals surface area contributed by atoms with Crippen molar-refractivity contribution in [3.05, 3.63) is 48.0 Å². The van der Waals surface area contributed by atoms with Gasteiger partial charge in [0.25, 0.3) is 5.91 Å². The largest absolute Gasteiger partial charge is 0.497 e. The smallest absolute Gasteiger partial charge is 0.257 e. The summed E-state index contributed by atoms with van der Waals surface area (Å²) >= 11 is 0. The number of carbonyl (C=O) groups excluding carboxylic acids is 1. The molecule has 1 saturated heterocycles. The summed E-state index contributed by atoms with van der Waals surface area (Å²) in [5, 5.41) is 0. The van der Waals surface area contributed by atoms with Gasteiger partial charge in [0, 0.05) is 32.2 Å². The normalized spacial score (nSPS) is 15.1. The fraction of sp³-hybridized carbons (Fsp3) is 0.435. The molecule has 0 aromatic heterocycles. The summed E-state index contributed by atoms with van der Waals surface area (Å²) in [6, 6.07) is 11.9. The Hall–Kier alpha value is -2.74. The Balaban J connectivity index is 1.70. The van der Waals surface area contributed by atoms with Gasteiger partial charge in [0.15, 0.2) is 9.84 Å². The van der Waals surface area contributed by atoms with E-state index >= 15 is 0 Å². The summed E-state index contributed by atoms with van der Waals surface area (Å²) in [5.41, 5.74) is 0.270. The van der Waals surface area contributed by atoms with Crippen molar-refractivity contribution in [1.82, 2.24) is 4.90 Å². The molecular weight excluding hydrogens is 418 g/mol. The third-order valence-electron chi connectivity index (χ3n) is 5.06. The predicted octanol–water partition coefficient (Wildman–Crippen LogP) is 3.57. The standard InChI is InChI=1S/C23H29NO6S/c1-16(2)29-22-10-9-20(31(4,26)27)15-21(22)23(25)24-13-11-19(12-14-24)30-18-7-5-17(28-3)6-8-18/h5-10,15-16,19H,11-14H2,1-4H3. The van der Waals surface area contributed by atoms with Gasteiger partial charge in [0.05, 0.1) is 23.7 Å². The molecule has 2 aromatic rings. The van der Waals surface area contributed by atoms with Crippen molar-refractivity contribution in [3.8, 4) is 17.2 Å². The van der Waals surface area contributed by atoms with E-state index < -0.39 is 9.84 Å². The number of hydrogen-bond donors (Lipinski definition) is 0. The molecule has 8 heteroatoms. The molecule has 0 bridgehead atoms. The molecule has 0 aliphatic carbocycles. The molecule has 0 spiro atoms. The maximum atomic E-state index is 13.2. The fourth-order valence-electron chi connectivity index (χ4n) is 3.46. The average Bonchev–Trinajstić information content (AvgIpc) is 2.73. The zero-order chi connectivity index (χ0) is 22.6. The molecule has 1 aliphatic rings. The van der Waals surface area contributed by atoms with Crippen LogP contribution in [0.3, 0.4) is 0 Å². The van der Waals surface area contributed by atoms with Crippen LogP contribution in [0, 0.1) is 0 Å². The van der Waals surface area contributed by atoms with E-state index in [9.17, 15) is 13.2 Å². The number of sulfone groups is 1. The first-order chi connectivity index (χ1) is 14.7. The summed E-state index contributed by atoms with van der Waals surface area (Å²) in [6.45, 7) is 4.76. The Morgan fingerprint density at radius 2 is 1.65 bits per heavy atom. The summed E-state index contributed by atoms with van der Waals surface area (Å²) in [6.07, 6.45) is 2.36. The molecule has 3 rings (SSSR count). The maximum absolute atomic E-state index is 13.2. The Kier molecular flexibility index (Phi) is 7.10. The van der Waals surface area contributed by atoms with E-state index in [1.807, 2.05) is 38.1 Å². The molecule has 0 atom stereocenters. The summed E-state index contributed by atoms with van der Waals surface area (Å²) in [7, 11) is -1.82. The van der Waals surface area contributed by atoms with E-state index in [-0.39, 0.29) is 28.6 Å². The van der Waals surface area contributed by atoms with Crippen LogP contribution in [0.4, 0.5) is 0 Å². The Labute approximate surface area is 183 Å². The lowest BCUT2D eigenvalue weighted by Crippen LogP contribution is -2.42. The third kappa shape index (κ3) is 5.91. The third-order valence-corrected chi connectivity index (χ3v) is 6.17. The van der Waals surface area contributed by atoms with Crippen molar-refractivity contribution >= 4 is 15.7 Å². The van der Waals surface area contributed by atoms with Crippen LogP contribution in [-0.2, 0) is 9.84 Å². The van der Waals surface area contributed by atoms with Gasteiger partial charge in [-0.05, 0) is 56.3 Å². The molecule has 0 N–H and O–H groups in total. The molecule has 0 radical (unpaired) electrons. The van der Waals surface area contributed by atoms with E-state index in [1.165, 1.54) is 12.1 Å². The van der Waals surface area contributed by atoms with Gasteiger partial charge in [-0.1, -0.05) is 0 Å². The summed E-state index contributed by atoms with van der Waals surface area (Å²) < 4.78 is 40.9. The molecule has 1 fully saturated rings. The second kappa shape index (κ2) is 9.60. The van der Waals surface area contributed by atoms with Gasteiger partial charge in [-0.25, -0.2) is 8.42 Å². The Bertz CT molecular complexity index is 1010. The average molecular weight is 448 g/mol. The predicted molar refractivity (Wildman–Crippen MR) is 118 cm³/mol. The number of rotatable bonds is 7. The number of piperidine rings is 1. The van der Waals surface area contributed by atoms with Gasteiger partial charge in [-0.2, -0.15) is 0 Å². The fourth-order valence-corrected chi connectivity index (χ4v) is 4.10. The molecule has 2 aromatic carbocycles. The first-order valence-electron chi connectivity index (χ1n) is 10.3. The van der Waals surface area contributed by atoms with E-state index in [2.05, 4.69) is 0 Å².